The Morgan fingerprint density at radius 1 is 1.03 bits per heavy atom. The van der Waals surface area contributed by atoms with Crippen LogP contribution in [-0.2, 0) is 9.84 Å². The summed E-state index contributed by atoms with van der Waals surface area (Å²) in [6.45, 7) is 1.43. The highest BCUT2D eigenvalue weighted by Crippen LogP contribution is 2.38. The van der Waals surface area contributed by atoms with Gasteiger partial charge in [0.1, 0.15) is 23.6 Å². The topological polar surface area (TPSA) is 99.6 Å². The van der Waals surface area contributed by atoms with Crippen LogP contribution in [0.1, 0.15) is 6.92 Å². The molecule has 0 radical (unpaired) electrons. The zero-order valence-corrected chi connectivity index (χ0v) is 18.7. The summed E-state index contributed by atoms with van der Waals surface area (Å²) >= 11 is 0. The molecule has 0 unspecified atom stereocenters. The number of methoxy groups -OCH3 is 2. The first-order valence-corrected chi connectivity index (χ1v) is 10.5. The molecule has 2 aromatic carbocycles. The molecule has 0 aliphatic heterocycles. The summed E-state index contributed by atoms with van der Waals surface area (Å²) in [6.07, 6.45) is -3.79. The predicted molar refractivity (Wildman–Crippen MR) is 114 cm³/mol. The van der Waals surface area contributed by atoms with Crippen molar-refractivity contribution < 1.29 is 35.8 Å². The SMILES string of the molecule is CCS(=O)(=O)c1ccc(OC(F)(F)F)c(Nc2ncnc3cc(OC)cc(OC)c23)c1.Cl. The Morgan fingerprint density at radius 3 is 2.34 bits per heavy atom. The van der Waals surface area contributed by atoms with Gasteiger partial charge in [0.15, 0.2) is 15.6 Å². The maximum atomic E-state index is 12.9. The smallest absolute Gasteiger partial charge is 0.497 e. The molecule has 0 bridgehead atoms. The first kappa shape index (κ1) is 25.3. The van der Waals surface area contributed by atoms with Crippen LogP contribution >= 0.6 is 12.4 Å². The summed E-state index contributed by atoms with van der Waals surface area (Å²) in [5.41, 5.74) is 0.147. The highest BCUT2D eigenvalue weighted by atomic mass is 35.5. The van der Waals surface area contributed by atoms with Gasteiger partial charge in [-0.25, -0.2) is 18.4 Å². The number of alkyl halides is 3. The standard InChI is InChI=1S/C19H18F3N3O5S.ClH/c1-4-31(26,27)12-5-6-15(30-19(20,21)22)13(9-12)25-18-17-14(23-10-24-18)7-11(28-2)8-16(17)29-3;/h5-10H,4H2,1-3H3,(H,23,24,25);1H. The molecule has 1 heterocycles. The third-order valence-electron chi connectivity index (χ3n) is 4.30. The molecule has 174 valence electrons. The molecule has 0 aliphatic carbocycles. The van der Waals surface area contributed by atoms with E-state index in [0.29, 0.717) is 22.4 Å². The van der Waals surface area contributed by atoms with Gasteiger partial charge < -0.3 is 19.5 Å². The summed E-state index contributed by atoms with van der Waals surface area (Å²) in [4.78, 5) is 8.05. The van der Waals surface area contributed by atoms with Gasteiger partial charge in [-0.05, 0) is 18.2 Å². The zero-order valence-electron chi connectivity index (χ0n) is 17.1. The molecule has 0 saturated heterocycles. The number of sulfone groups is 1. The highest BCUT2D eigenvalue weighted by Gasteiger charge is 2.32. The lowest BCUT2D eigenvalue weighted by atomic mass is 10.2. The van der Waals surface area contributed by atoms with E-state index in [4.69, 9.17) is 9.47 Å². The summed E-state index contributed by atoms with van der Waals surface area (Å²) < 4.78 is 77.7. The quantitative estimate of drug-likeness (QED) is 0.513. The maximum absolute atomic E-state index is 12.9. The van der Waals surface area contributed by atoms with Crippen LogP contribution in [0.3, 0.4) is 0 Å². The largest absolute Gasteiger partial charge is 0.573 e. The second-order valence-corrected chi connectivity index (χ2v) is 8.46. The van der Waals surface area contributed by atoms with Gasteiger partial charge >= 0.3 is 6.36 Å². The first-order chi connectivity index (χ1) is 14.6. The van der Waals surface area contributed by atoms with Crippen molar-refractivity contribution in [2.45, 2.75) is 18.2 Å². The molecule has 0 atom stereocenters. The van der Waals surface area contributed by atoms with Crippen molar-refractivity contribution in [3.8, 4) is 17.2 Å². The van der Waals surface area contributed by atoms with E-state index in [1.807, 2.05) is 0 Å². The average Bonchev–Trinajstić information content (AvgIpc) is 2.73. The van der Waals surface area contributed by atoms with E-state index in [9.17, 15) is 21.6 Å². The number of rotatable bonds is 7. The van der Waals surface area contributed by atoms with Crippen LogP contribution < -0.4 is 19.5 Å². The van der Waals surface area contributed by atoms with Crippen LogP contribution in [-0.4, -0.2) is 44.7 Å². The summed E-state index contributed by atoms with van der Waals surface area (Å²) in [5.74, 6) is -0.0146. The van der Waals surface area contributed by atoms with Gasteiger partial charge in [-0.2, -0.15) is 0 Å². The molecule has 0 saturated carbocycles. The van der Waals surface area contributed by atoms with E-state index in [1.165, 1.54) is 27.5 Å². The van der Waals surface area contributed by atoms with Crippen molar-refractivity contribution in [1.82, 2.24) is 9.97 Å². The number of hydrogen-bond donors (Lipinski definition) is 1. The molecule has 13 heteroatoms. The minimum Gasteiger partial charge on any atom is -0.497 e. The van der Waals surface area contributed by atoms with Gasteiger partial charge in [0.25, 0.3) is 0 Å². The van der Waals surface area contributed by atoms with E-state index < -0.39 is 21.9 Å². The van der Waals surface area contributed by atoms with Gasteiger partial charge in [-0.1, -0.05) is 6.92 Å². The molecule has 3 aromatic rings. The number of nitrogens with zero attached hydrogens (tertiary/aromatic N) is 2. The van der Waals surface area contributed by atoms with E-state index >= 15 is 0 Å². The molecule has 1 N–H and O–H groups in total. The number of hydrogen-bond acceptors (Lipinski definition) is 8. The van der Waals surface area contributed by atoms with Gasteiger partial charge in [-0.15, -0.1) is 25.6 Å². The Labute approximate surface area is 188 Å². The van der Waals surface area contributed by atoms with E-state index in [0.717, 1.165) is 18.2 Å². The van der Waals surface area contributed by atoms with Crippen LogP contribution in [0.25, 0.3) is 10.9 Å². The minimum atomic E-state index is -4.99. The normalized spacial score (nSPS) is 11.6. The Balaban J connectivity index is 0.00000363. The number of fused-ring (bicyclic) bond motifs is 1. The molecule has 0 amide bonds. The Morgan fingerprint density at radius 2 is 1.75 bits per heavy atom. The minimum absolute atomic E-state index is 0. The number of halogens is 4. The molecular formula is C19H19ClF3N3O5S. The summed E-state index contributed by atoms with van der Waals surface area (Å²) in [5, 5.41) is 3.08. The number of aromatic nitrogens is 2. The van der Waals surface area contributed by atoms with Crippen molar-refractivity contribution in [2.75, 3.05) is 25.3 Å². The summed E-state index contributed by atoms with van der Waals surface area (Å²) in [6, 6.07) is 6.19. The zero-order chi connectivity index (χ0) is 22.8. The monoisotopic (exact) mass is 493 g/mol. The molecule has 32 heavy (non-hydrogen) atoms. The van der Waals surface area contributed by atoms with Crippen molar-refractivity contribution in [3.05, 3.63) is 36.7 Å². The molecule has 3 rings (SSSR count). The van der Waals surface area contributed by atoms with Crippen LogP contribution in [0, 0.1) is 0 Å². The number of ether oxygens (including phenoxy) is 3. The Kier molecular flexibility index (Phi) is 7.62. The van der Waals surface area contributed by atoms with Crippen LogP contribution in [0.5, 0.6) is 17.2 Å². The van der Waals surface area contributed by atoms with Crippen LogP contribution in [0.2, 0.25) is 0 Å². The number of nitrogens with one attached hydrogen (secondary N) is 1. The lowest BCUT2D eigenvalue weighted by Gasteiger charge is -2.17. The molecule has 8 nitrogen and oxygen atoms in total. The number of benzene rings is 2. The lowest BCUT2D eigenvalue weighted by Crippen LogP contribution is -2.18. The average molecular weight is 494 g/mol. The highest BCUT2D eigenvalue weighted by molar-refractivity contribution is 7.91. The predicted octanol–water partition coefficient (Wildman–Crippen LogP) is 4.50. The third-order valence-corrected chi connectivity index (χ3v) is 6.03. The van der Waals surface area contributed by atoms with Crippen LogP contribution in [0.4, 0.5) is 24.7 Å². The maximum Gasteiger partial charge on any atom is 0.573 e. The van der Waals surface area contributed by atoms with E-state index in [-0.39, 0.29) is 34.6 Å². The first-order valence-electron chi connectivity index (χ1n) is 8.84. The summed E-state index contributed by atoms with van der Waals surface area (Å²) in [7, 11) is -0.828. The van der Waals surface area contributed by atoms with E-state index in [1.54, 1.807) is 12.1 Å². The Bertz CT molecular complexity index is 1220. The van der Waals surface area contributed by atoms with Crippen molar-refractivity contribution >= 4 is 44.7 Å². The fraction of sp³-hybridized carbons (Fsp3) is 0.263. The van der Waals surface area contributed by atoms with Gasteiger partial charge in [0.2, 0.25) is 0 Å². The fourth-order valence-corrected chi connectivity index (χ4v) is 3.72. The molecule has 1 aromatic heterocycles. The Hall–Kier alpha value is -2.99. The lowest BCUT2D eigenvalue weighted by molar-refractivity contribution is -0.274. The molecular weight excluding hydrogens is 475 g/mol. The fourth-order valence-electron chi connectivity index (χ4n) is 2.81. The molecule has 0 spiro atoms. The van der Waals surface area contributed by atoms with Gasteiger partial charge in [-0.3, -0.25) is 0 Å². The van der Waals surface area contributed by atoms with Crippen molar-refractivity contribution in [2.24, 2.45) is 0 Å². The second-order valence-electron chi connectivity index (χ2n) is 6.18. The van der Waals surface area contributed by atoms with Gasteiger partial charge in [0, 0.05) is 12.1 Å². The van der Waals surface area contributed by atoms with Crippen LogP contribution in [0.15, 0.2) is 41.6 Å². The van der Waals surface area contributed by atoms with Gasteiger partial charge in [0.05, 0.1) is 41.5 Å². The second kappa shape index (κ2) is 9.65. The third kappa shape index (κ3) is 5.43. The molecule has 0 fully saturated rings. The van der Waals surface area contributed by atoms with Crippen molar-refractivity contribution in [3.63, 3.8) is 0 Å². The van der Waals surface area contributed by atoms with E-state index in [2.05, 4.69) is 20.0 Å². The van der Waals surface area contributed by atoms with Crippen molar-refractivity contribution in [1.29, 1.82) is 0 Å². The number of anilines is 2. The molecule has 0 aliphatic rings.